The summed E-state index contributed by atoms with van der Waals surface area (Å²) in [5.41, 5.74) is 1.85. The van der Waals surface area contributed by atoms with E-state index in [-0.39, 0.29) is 0 Å². The minimum Gasteiger partial charge on any atom is -0.198 e. The molecule has 60 valence electrons. The van der Waals surface area contributed by atoms with Gasteiger partial charge in [-0.2, -0.15) is 5.26 Å². The molecule has 0 N–H and O–H groups in total. The summed E-state index contributed by atoms with van der Waals surface area (Å²) >= 11 is 5.85. The molecular formula is C10H8ClN. The fraction of sp³-hybridized carbons (Fsp3) is 0.100. The van der Waals surface area contributed by atoms with Gasteiger partial charge in [-0.1, -0.05) is 30.3 Å². The van der Waals surface area contributed by atoms with E-state index in [2.05, 4.69) is 12.6 Å². The molecular weight excluding hydrogens is 170 g/mol. The first-order valence-electron chi connectivity index (χ1n) is 3.55. The summed E-state index contributed by atoms with van der Waals surface area (Å²) in [5, 5.41) is 9.11. The van der Waals surface area contributed by atoms with Gasteiger partial charge in [-0.3, -0.25) is 0 Å². The third kappa shape index (κ3) is 1.87. The maximum atomic E-state index is 8.47. The van der Waals surface area contributed by atoms with Crippen molar-refractivity contribution in [2.45, 2.75) is 6.42 Å². The van der Waals surface area contributed by atoms with Crippen LogP contribution in [-0.4, -0.2) is 0 Å². The summed E-state index contributed by atoms with van der Waals surface area (Å²) in [6.07, 6.45) is 2.08. The molecule has 12 heavy (non-hydrogen) atoms. The molecule has 1 aromatic carbocycles. The second kappa shape index (κ2) is 3.94. The maximum Gasteiger partial charge on any atom is 0.0670 e. The van der Waals surface area contributed by atoms with Gasteiger partial charge in [0.1, 0.15) is 0 Å². The van der Waals surface area contributed by atoms with Gasteiger partial charge in [-0.05, 0) is 23.3 Å². The molecule has 0 saturated heterocycles. The van der Waals surface area contributed by atoms with E-state index in [1.807, 2.05) is 12.1 Å². The number of benzene rings is 1. The summed E-state index contributed by atoms with van der Waals surface area (Å²) in [4.78, 5) is 0. The quantitative estimate of drug-likeness (QED) is 0.681. The molecule has 0 aliphatic rings. The Morgan fingerprint density at radius 3 is 2.92 bits per heavy atom. The molecule has 1 rings (SSSR count). The number of nitrogens with zero attached hydrogens (tertiary/aromatic N) is 1. The zero-order chi connectivity index (χ0) is 8.97. The molecule has 0 unspecified atom stereocenters. The fourth-order valence-electron chi connectivity index (χ4n) is 0.942. The van der Waals surface area contributed by atoms with Crippen molar-refractivity contribution < 1.29 is 0 Å². The monoisotopic (exact) mass is 177 g/mol. The predicted molar refractivity (Wildman–Crippen MR) is 50.9 cm³/mol. The van der Waals surface area contributed by atoms with Crippen molar-refractivity contribution in [2.75, 3.05) is 0 Å². The first kappa shape index (κ1) is 8.83. The Morgan fingerprint density at radius 2 is 2.33 bits per heavy atom. The zero-order valence-corrected chi connectivity index (χ0v) is 7.30. The van der Waals surface area contributed by atoms with Gasteiger partial charge in [0.05, 0.1) is 12.5 Å². The van der Waals surface area contributed by atoms with Crippen molar-refractivity contribution in [3.63, 3.8) is 0 Å². The molecule has 0 radical (unpaired) electrons. The summed E-state index contributed by atoms with van der Waals surface area (Å²) in [6.45, 7) is 3.64. The molecule has 1 aromatic rings. The number of hydrogen-bond donors (Lipinski definition) is 0. The van der Waals surface area contributed by atoms with Crippen LogP contribution < -0.4 is 0 Å². The molecule has 0 aliphatic heterocycles. The topological polar surface area (TPSA) is 23.8 Å². The van der Waals surface area contributed by atoms with Crippen LogP contribution in [0.5, 0.6) is 0 Å². The van der Waals surface area contributed by atoms with E-state index >= 15 is 0 Å². The van der Waals surface area contributed by atoms with Gasteiger partial charge in [0.2, 0.25) is 0 Å². The fourth-order valence-corrected chi connectivity index (χ4v) is 1.13. The minimum atomic E-state index is 0.348. The van der Waals surface area contributed by atoms with Crippen LogP contribution in [0.2, 0.25) is 5.02 Å². The normalized spacial score (nSPS) is 9.00. The second-order valence-electron chi connectivity index (χ2n) is 2.39. The molecule has 1 nitrogen and oxygen atoms in total. The summed E-state index contributed by atoms with van der Waals surface area (Å²) in [5.74, 6) is 0. The smallest absolute Gasteiger partial charge is 0.0670 e. The first-order chi connectivity index (χ1) is 5.77. The van der Waals surface area contributed by atoms with Crippen molar-refractivity contribution >= 4 is 17.7 Å². The third-order valence-electron chi connectivity index (χ3n) is 1.57. The van der Waals surface area contributed by atoms with Crippen LogP contribution in [0, 0.1) is 11.3 Å². The van der Waals surface area contributed by atoms with Crippen LogP contribution >= 0.6 is 11.6 Å². The number of rotatable bonds is 2. The van der Waals surface area contributed by atoms with Crippen molar-refractivity contribution in [3.05, 3.63) is 40.9 Å². The van der Waals surface area contributed by atoms with Crippen molar-refractivity contribution in [3.8, 4) is 6.07 Å². The minimum absolute atomic E-state index is 0.348. The van der Waals surface area contributed by atoms with E-state index < -0.39 is 0 Å². The lowest BCUT2D eigenvalue weighted by atomic mass is 10.1. The van der Waals surface area contributed by atoms with Crippen LogP contribution in [0.15, 0.2) is 24.8 Å². The van der Waals surface area contributed by atoms with Crippen LogP contribution in [0.3, 0.4) is 0 Å². The molecule has 0 spiro atoms. The highest BCUT2D eigenvalue weighted by atomic mass is 35.5. The molecule has 0 aromatic heterocycles. The molecule has 0 fully saturated rings. The van der Waals surface area contributed by atoms with Crippen molar-refractivity contribution in [1.82, 2.24) is 0 Å². The predicted octanol–water partition coefficient (Wildman–Crippen LogP) is 3.05. The van der Waals surface area contributed by atoms with Crippen LogP contribution in [0.25, 0.3) is 6.08 Å². The molecule has 0 aliphatic carbocycles. The lowest BCUT2D eigenvalue weighted by Crippen LogP contribution is -1.84. The highest BCUT2D eigenvalue weighted by Gasteiger charge is 1.98. The SMILES string of the molecule is C=Cc1ccc(Cl)c(CC#N)c1. The Balaban J connectivity index is 3.09. The van der Waals surface area contributed by atoms with Gasteiger partial charge in [0, 0.05) is 5.02 Å². The highest BCUT2D eigenvalue weighted by molar-refractivity contribution is 6.31. The van der Waals surface area contributed by atoms with Crippen molar-refractivity contribution in [2.24, 2.45) is 0 Å². The average molecular weight is 178 g/mol. The molecule has 0 amide bonds. The maximum absolute atomic E-state index is 8.47. The molecule has 2 heteroatoms. The van der Waals surface area contributed by atoms with E-state index in [1.165, 1.54) is 0 Å². The van der Waals surface area contributed by atoms with Crippen LogP contribution in [-0.2, 0) is 6.42 Å². The van der Waals surface area contributed by atoms with Gasteiger partial charge >= 0.3 is 0 Å². The van der Waals surface area contributed by atoms with E-state index in [0.717, 1.165) is 11.1 Å². The highest BCUT2D eigenvalue weighted by Crippen LogP contribution is 2.18. The first-order valence-corrected chi connectivity index (χ1v) is 3.93. The zero-order valence-electron chi connectivity index (χ0n) is 6.55. The largest absolute Gasteiger partial charge is 0.198 e. The van der Waals surface area contributed by atoms with E-state index in [9.17, 15) is 0 Å². The number of nitriles is 1. The lowest BCUT2D eigenvalue weighted by molar-refractivity contribution is 1.26. The second-order valence-corrected chi connectivity index (χ2v) is 2.80. The Morgan fingerprint density at radius 1 is 1.58 bits per heavy atom. The summed E-state index contributed by atoms with van der Waals surface area (Å²) in [6, 6.07) is 7.59. The molecule has 0 heterocycles. The standard InChI is InChI=1S/C10H8ClN/c1-2-8-3-4-10(11)9(7-8)5-6-12/h2-4,7H,1,5H2. The Bertz CT molecular complexity index is 336. The molecule has 0 atom stereocenters. The number of hydrogen-bond acceptors (Lipinski definition) is 1. The Hall–Kier alpha value is -1.26. The number of halogens is 1. The summed E-state index contributed by atoms with van der Waals surface area (Å²) < 4.78 is 0. The third-order valence-corrected chi connectivity index (χ3v) is 1.94. The van der Waals surface area contributed by atoms with Gasteiger partial charge in [-0.25, -0.2) is 0 Å². The Kier molecular flexibility index (Phi) is 2.90. The molecule has 0 saturated carbocycles. The van der Waals surface area contributed by atoms with Crippen LogP contribution in [0.4, 0.5) is 0 Å². The lowest BCUT2D eigenvalue weighted by Gasteiger charge is -1.99. The van der Waals surface area contributed by atoms with E-state index in [0.29, 0.717) is 11.4 Å². The van der Waals surface area contributed by atoms with Gasteiger partial charge in [-0.15, -0.1) is 0 Å². The van der Waals surface area contributed by atoms with Gasteiger partial charge in [0.15, 0.2) is 0 Å². The van der Waals surface area contributed by atoms with Gasteiger partial charge in [0.25, 0.3) is 0 Å². The van der Waals surface area contributed by atoms with Crippen LogP contribution in [0.1, 0.15) is 11.1 Å². The molecule has 0 bridgehead atoms. The van der Waals surface area contributed by atoms with Gasteiger partial charge < -0.3 is 0 Å². The summed E-state index contributed by atoms with van der Waals surface area (Å²) in [7, 11) is 0. The van der Waals surface area contributed by atoms with Crippen molar-refractivity contribution in [1.29, 1.82) is 5.26 Å². The average Bonchev–Trinajstić information content (AvgIpc) is 2.09. The van der Waals surface area contributed by atoms with E-state index in [1.54, 1.807) is 12.1 Å². The Labute approximate surface area is 76.9 Å². The van der Waals surface area contributed by atoms with E-state index in [4.69, 9.17) is 16.9 Å².